The molecule has 0 saturated carbocycles. The number of nitrogens with two attached hydrogens (primary N) is 1. The van der Waals surface area contributed by atoms with Crippen molar-refractivity contribution >= 4 is 11.5 Å². The van der Waals surface area contributed by atoms with Crippen LogP contribution in [0.3, 0.4) is 0 Å². The predicted octanol–water partition coefficient (Wildman–Crippen LogP) is 2.80. The van der Waals surface area contributed by atoms with Gasteiger partial charge in [-0.1, -0.05) is 25.1 Å². The molecular weight excluding hydrogens is 252 g/mol. The predicted molar refractivity (Wildman–Crippen MR) is 82.0 cm³/mol. The number of nitrogens with one attached hydrogen (secondary N) is 1. The topological polar surface area (TPSA) is 65.1 Å². The number of rotatable bonds is 6. The molecule has 0 fully saturated rings. The third-order valence-electron chi connectivity index (χ3n) is 3.25. The molecule has 108 valence electrons. The fraction of sp³-hybridized carbons (Fsp3) is 0.400. The monoisotopic (exact) mass is 274 g/mol. The third kappa shape index (κ3) is 2.87. The van der Waals surface area contributed by atoms with Crippen LogP contribution < -0.4 is 15.8 Å². The Morgan fingerprint density at radius 3 is 2.80 bits per heavy atom. The second-order valence-corrected chi connectivity index (χ2v) is 4.74. The number of nitrogen functional groups attached to an aromatic ring is 1. The van der Waals surface area contributed by atoms with E-state index in [1.807, 2.05) is 35.9 Å². The lowest BCUT2D eigenvalue weighted by atomic mass is 10.2. The van der Waals surface area contributed by atoms with Crippen LogP contribution >= 0.6 is 0 Å². The van der Waals surface area contributed by atoms with E-state index in [0.717, 1.165) is 35.8 Å². The summed E-state index contributed by atoms with van der Waals surface area (Å²) in [6.45, 7) is 5.56. The van der Waals surface area contributed by atoms with Crippen LogP contribution in [0.4, 0.5) is 11.5 Å². The number of aromatic nitrogens is 2. The number of anilines is 2. The Morgan fingerprint density at radius 1 is 1.35 bits per heavy atom. The summed E-state index contributed by atoms with van der Waals surface area (Å²) < 4.78 is 7.28. The molecule has 0 atom stereocenters. The maximum Gasteiger partial charge on any atom is 0.148 e. The van der Waals surface area contributed by atoms with Gasteiger partial charge in [0.25, 0.3) is 0 Å². The zero-order valence-corrected chi connectivity index (χ0v) is 12.3. The molecule has 2 aromatic rings. The summed E-state index contributed by atoms with van der Waals surface area (Å²) in [6, 6.07) is 7.95. The van der Waals surface area contributed by atoms with Gasteiger partial charge in [-0.2, -0.15) is 5.10 Å². The Labute approximate surface area is 119 Å². The van der Waals surface area contributed by atoms with Crippen molar-refractivity contribution in [2.75, 3.05) is 18.2 Å². The molecule has 5 nitrogen and oxygen atoms in total. The van der Waals surface area contributed by atoms with Crippen molar-refractivity contribution in [1.82, 2.24) is 9.78 Å². The van der Waals surface area contributed by atoms with Crippen molar-refractivity contribution in [2.45, 2.75) is 33.4 Å². The van der Waals surface area contributed by atoms with Crippen LogP contribution in [0.2, 0.25) is 0 Å². The molecule has 0 unspecified atom stereocenters. The van der Waals surface area contributed by atoms with E-state index in [2.05, 4.69) is 17.3 Å². The maximum atomic E-state index is 6.09. The van der Waals surface area contributed by atoms with E-state index in [4.69, 9.17) is 10.5 Å². The largest absolute Gasteiger partial charge is 0.496 e. The van der Waals surface area contributed by atoms with Crippen LogP contribution in [0.25, 0.3) is 0 Å². The Kier molecular flexibility index (Phi) is 4.50. The highest BCUT2D eigenvalue weighted by Gasteiger charge is 2.12. The van der Waals surface area contributed by atoms with Gasteiger partial charge in [-0.25, -0.2) is 4.68 Å². The van der Waals surface area contributed by atoms with Crippen molar-refractivity contribution < 1.29 is 4.74 Å². The average molecular weight is 274 g/mol. The minimum Gasteiger partial charge on any atom is -0.496 e. The highest BCUT2D eigenvalue weighted by molar-refractivity contribution is 5.65. The van der Waals surface area contributed by atoms with Gasteiger partial charge in [0, 0.05) is 18.7 Å². The Morgan fingerprint density at radius 2 is 2.10 bits per heavy atom. The van der Waals surface area contributed by atoms with E-state index >= 15 is 0 Å². The van der Waals surface area contributed by atoms with Gasteiger partial charge < -0.3 is 15.8 Å². The first-order valence-corrected chi connectivity index (χ1v) is 6.86. The van der Waals surface area contributed by atoms with Gasteiger partial charge >= 0.3 is 0 Å². The molecule has 1 aromatic carbocycles. The molecule has 0 bridgehead atoms. The number of para-hydroxylation sites is 1. The van der Waals surface area contributed by atoms with Crippen molar-refractivity contribution in [2.24, 2.45) is 0 Å². The van der Waals surface area contributed by atoms with Gasteiger partial charge in [-0.15, -0.1) is 0 Å². The molecule has 20 heavy (non-hydrogen) atoms. The summed E-state index contributed by atoms with van der Waals surface area (Å²) >= 11 is 0. The lowest BCUT2D eigenvalue weighted by Gasteiger charge is -2.12. The van der Waals surface area contributed by atoms with Crippen molar-refractivity contribution in [3.8, 4) is 5.75 Å². The van der Waals surface area contributed by atoms with Gasteiger partial charge in [0.2, 0.25) is 0 Å². The molecule has 2 rings (SSSR count). The molecule has 0 saturated heterocycles. The summed E-state index contributed by atoms with van der Waals surface area (Å²) in [4.78, 5) is 0. The molecule has 0 aliphatic heterocycles. The van der Waals surface area contributed by atoms with Crippen LogP contribution in [-0.2, 0) is 13.1 Å². The first-order chi connectivity index (χ1) is 9.67. The molecule has 3 N–H and O–H groups in total. The minimum atomic E-state index is 0.656. The quantitative estimate of drug-likeness (QED) is 0.850. The molecule has 5 heteroatoms. The fourth-order valence-corrected chi connectivity index (χ4v) is 2.18. The summed E-state index contributed by atoms with van der Waals surface area (Å²) in [5.41, 5.74) is 8.76. The van der Waals surface area contributed by atoms with Crippen LogP contribution in [0.15, 0.2) is 24.3 Å². The summed E-state index contributed by atoms with van der Waals surface area (Å²) in [5, 5.41) is 7.83. The molecule has 0 aliphatic rings. The molecule has 0 spiro atoms. The Bertz CT molecular complexity index is 577. The number of nitrogens with zero attached hydrogens (tertiary/aromatic N) is 2. The smallest absolute Gasteiger partial charge is 0.148 e. The minimum absolute atomic E-state index is 0.656. The van der Waals surface area contributed by atoms with Crippen molar-refractivity contribution in [3.63, 3.8) is 0 Å². The zero-order chi connectivity index (χ0) is 14.5. The second-order valence-electron chi connectivity index (χ2n) is 4.74. The molecular formula is C15H22N4O. The van der Waals surface area contributed by atoms with Gasteiger partial charge in [-0.05, 0) is 19.4 Å². The van der Waals surface area contributed by atoms with E-state index in [1.165, 1.54) is 0 Å². The molecule has 0 aliphatic carbocycles. The first kappa shape index (κ1) is 14.2. The summed E-state index contributed by atoms with van der Waals surface area (Å²) in [5.74, 6) is 1.76. The molecule has 0 radical (unpaired) electrons. The average Bonchev–Trinajstić information content (AvgIpc) is 2.72. The third-order valence-corrected chi connectivity index (χ3v) is 3.25. The van der Waals surface area contributed by atoms with E-state index in [1.54, 1.807) is 7.11 Å². The highest BCUT2D eigenvalue weighted by Crippen LogP contribution is 2.25. The Hall–Kier alpha value is -2.17. The number of ether oxygens (including phenoxy) is 1. The normalized spacial score (nSPS) is 10.6. The number of methoxy groups -OCH3 is 1. The van der Waals surface area contributed by atoms with Crippen molar-refractivity contribution in [3.05, 3.63) is 35.5 Å². The van der Waals surface area contributed by atoms with Crippen LogP contribution in [0.5, 0.6) is 5.75 Å². The molecule has 0 amide bonds. The van der Waals surface area contributed by atoms with E-state index in [0.29, 0.717) is 12.2 Å². The fourth-order valence-electron chi connectivity index (χ4n) is 2.18. The Balaban J connectivity index is 2.18. The number of benzene rings is 1. The standard InChI is InChI=1S/C15H22N4O/c1-4-9-19-15(14(16)11(2)18-19)17-10-12-7-5-6-8-13(12)20-3/h5-8,17H,4,9-10,16H2,1-3H3. The highest BCUT2D eigenvalue weighted by atomic mass is 16.5. The SMILES string of the molecule is CCCn1nc(C)c(N)c1NCc1ccccc1OC. The van der Waals surface area contributed by atoms with E-state index < -0.39 is 0 Å². The zero-order valence-electron chi connectivity index (χ0n) is 12.3. The van der Waals surface area contributed by atoms with E-state index in [-0.39, 0.29) is 0 Å². The van der Waals surface area contributed by atoms with Crippen LogP contribution in [0, 0.1) is 6.92 Å². The maximum absolute atomic E-state index is 6.09. The number of hydrogen-bond donors (Lipinski definition) is 2. The van der Waals surface area contributed by atoms with Crippen molar-refractivity contribution in [1.29, 1.82) is 0 Å². The number of aryl methyl sites for hydroxylation is 2. The van der Waals surface area contributed by atoms with Crippen LogP contribution in [0.1, 0.15) is 24.6 Å². The first-order valence-electron chi connectivity index (χ1n) is 6.86. The van der Waals surface area contributed by atoms with Gasteiger partial charge in [0.05, 0.1) is 18.5 Å². The van der Waals surface area contributed by atoms with Crippen LogP contribution in [-0.4, -0.2) is 16.9 Å². The second kappa shape index (κ2) is 6.32. The number of hydrogen-bond acceptors (Lipinski definition) is 4. The summed E-state index contributed by atoms with van der Waals surface area (Å²) in [6.07, 6.45) is 1.02. The van der Waals surface area contributed by atoms with Gasteiger partial charge in [0.1, 0.15) is 11.6 Å². The van der Waals surface area contributed by atoms with Gasteiger partial charge in [-0.3, -0.25) is 0 Å². The lowest BCUT2D eigenvalue weighted by molar-refractivity contribution is 0.410. The molecule has 1 heterocycles. The summed E-state index contributed by atoms with van der Waals surface area (Å²) in [7, 11) is 1.68. The molecule has 1 aromatic heterocycles. The van der Waals surface area contributed by atoms with Gasteiger partial charge in [0.15, 0.2) is 0 Å². The van der Waals surface area contributed by atoms with E-state index in [9.17, 15) is 0 Å². The lowest BCUT2D eigenvalue weighted by Crippen LogP contribution is -2.09.